The first kappa shape index (κ1) is 14.3. The summed E-state index contributed by atoms with van der Waals surface area (Å²) in [6.07, 6.45) is 0. The van der Waals surface area contributed by atoms with E-state index in [4.69, 9.17) is 4.99 Å². The highest BCUT2D eigenvalue weighted by Gasteiger charge is 2.03. The van der Waals surface area contributed by atoms with Crippen LogP contribution in [0.15, 0.2) is 41.4 Å². The molecule has 0 saturated heterocycles. The molecule has 0 unspecified atom stereocenters. The normalized spacial score (nSPS) is 11.6. The van der Waals surface area contributed by atoms with E-state index in [0.29, 0.717) is 0 Å². The molecule has 0 saturated carbocycles. The van der Waals surface area contributed by atoms with Crippen molar-refractivity contribution in [1.29, 1.82) is 0 Å². The molecule has 2 rings (SSSR count). The summed E-state index contributed by atoms with van der Waals surface area (Å²) in [5.41, 5.74) is 7.20. The number of nitrogens with one attached hydrogen (secondary N) is 1. The molecule has 0 amide bonds. The van der Waals surface area contributed by atoms with E-state index in [2.05, 4.69) is 63.3 Å². The molecule has 0 bridgehead atoms. The van der Waals surface area contributed by atoms with Crippen molar-refractivity contribution in [3.05, 3.63) is 58.7 Å². The number of nitrogens with zero attached hydrogens (tertiary/aromatic N) is 1. The van der Waals surface area contributed by atoms with Gasteiger partial charge < -0.3 is 5.32 Å². The SMILES string of the molecule is CC(=Nc1cccc(C)c1C)Nc1cccc(C)c1C. The van der Waals surface area contributed by atoms with Gasteiger partial charge in [0.25, 0.3) is 0 Å². The highest BCUT2D eigenvalue weighted by Crippen LogP contribution is 2.22. The average Bonchev–Trinajstić information content (AvgIpc) is 2.40. The van der Waals surface area contributed by atoms with Crippen molar-refractivity contribution in [3.63, 3.8) is 0 Å². The van der Waals surface area contributed by atoms with Gasteiger partial charge in [0.15, 0.2) is 0 Å². The van der Waals surface area contributed by atoms with Crippen molar-refractivity contribution in [1.82, 2.24) is 0 Å². The Labute approximate surface area is 121 Å². The van der Waals surface area contributed by atoms with E-state index in [1.54, 1.807) is 0 Å². The molecule has 20 heavy (non-hydrogen) atoms. The van der Waals surface area contributed by atoms with E-state index < -0.39 is 0 Å². The largest absolute Gasteiger partial charge is 0.344 e. The Bertz CT molecular complexity index is 654. The van der Waals surface area contributed by atoms with Gasteiger partial charge >= 0.3 is 0 Å². The fourth-order valence-corrected chi connectivity index (χ4v) is 2.15. The number of aliphatic imine (C=N–C) groups is 1. The van der Waals surface area contributed by atoms with Crippen molar-refractivity contribution in [2.75, 3.05) is 5.32 Å². The monoisotopic (exact) mass is 266 g/mol. The topological polar surface area (TPSA) is 24.4 Å². The number of hydrogen-bond donors (Lipinski definition) is 1. The molecule has 1 N–H and O–H groups in total. The van der Waals surface area contributed by atoms with E-state index in [-0.39, 0.29) is 0 Å². The second kappa shape index (κ2) is 5.91. The van der Waals surface area contributed by atoms with Crippen LogP contribution in [0.4, 0.5) is 11.4 Å². The molecule has 0 aliphatic carbocycles. The standard InChI is InChI=1S/C18H22N2/c1-12-8-6-10-17(14(12)3)19-16(5)20-18-11-7-9-13(2)15(18)4/h6-11H,1-5H3,(H,19,20). The first-order valence-corrected chi connectivity index (χ1v) is 6.94. The molecule has 0 radical (unpaired) electrons. The van der Waals surface area contributed by atoms with E-state index in [9.17, 15) is 0 Å². The summed E-state index contributed by atoms with van der Waals surface area (Å²) in [6, 6.07) is 12.5. The van der Waals surface area contributed by atoms with E-state index in [1.165, 1.54) is 22.3 Å². The number of benzene rings is 2. The Morgan fingerprint density at radius 1 is 0.850 bits per heavy atom. The summed E-state index contributed by atoms with van der Waals surface area (Å²) in [4.78, 5) is 4.69. The van der Waals surface area contributed by atoms with Crippen molar-refractivity contribution >= 4 is 17.2 Å². The van der Waals surface area contributed by atoms with Crippen LogP contribution in [0.5, 0.6) is 0 Å². The van der Waals surface area contributed by atoms with Crippen LogP contribution in [0, 0.1) is 27.7 Å². The van der Waals surface area contributed by atoms with Crippen molar-refractivity contribution in [3.8, 4) is 0 Å². The summed E-state index contributed by atoms with van der Waals surface area (Å²) in [5, 5.41) is 3.40. The first-order chi connectivity index (χ1) is 9.49. The molecule has 2 aromatic carbocycles. The summed E-state index contributed by atoms with van der Waals surface area (Å²) in [5.74, 6) is 0.910. The average molecular weight is 266 g/mol. The minimum atomic E-state index is 0.910. The molecule has 0 fully saturated rings. The van der Waals surface area contributed by atoms with E-state index >= 15 is 0 Å². The lowest BCUT2D eigenvalue weighted by atomic mass is 10.1. The van der Waals surface area contributed by atoms with Crippen LogP contribution in [0.2, 0.25) is 0 Å². The maximum Gasteiger partial charge on any atom is 0.103 e. The fourth-order valence-electron chi connectivity index (χ4n) is 2.15. The van der Waals surface area contributed by atoms with Gasteiger partial charge in [-0.05, 0) is 69.0 Å². The quantitative estimate of drug-likeness (QED) is 0.594. The van der Waals surface area contributed by atoms with Crippen LogP contribution in [0.3, 0.4) is 0 Å². The Kier molecular flexibility index (Phi) is 4.23. The van der Waals surface area contributed by atoms with Gasteiger partial charge in [0.1, 0.15) is 5.84 Å². The molecule has 0 aromatic heterocycles. The highest BCUT2D eigenvalue weighted by atomic mass is 15.0. The molecule has 2 aromatic rings. The van der Waals surface area contributed by atoms with Crippen LogP contribution in [0.1, 0.15) is 29.2 Å². The molecule has 0 atom stereocenters. The van der Waals surface area contributed by atoms with Crippen LogP contribution in [-0.2, 0) is 0 Å². The van der Waals surface area contributed by atoms with Gasteiger partial charge in [-0.2, -0.15) is 0 Å². The lowest BCUT2D eigenvalue weighted by Gasteiger charge is -2.12. The number of rotatable bonds is 2. The molecule has 2 nitrogen and oxygen atoms in total. The van der Waals surface area contributed by atoms with Crippen LogP contribution >= 0.6 is 0 Å². The van der Waals surface area contributed by atoms with Crippen molar-refractivity contribution < 1.29 is 0 Å². The molecular formula is C18H22N2. The van der Waals surface area contributed by atoms with Crippen LogP contribution in [-0.4, -0.2) is 5.84 Å². The molecular weight excluding hydrogens is 244 g/mol. The predicted molar refractivity (Wildman–Crippen MR) is 88.2 cm³/mol. The minimum absolute atomic E-state index is 0.910. The fraction of sp³-hybridized carbons (Fsp3) is 0.278. The summed E-state index contributed by atoms with van der Waals surface area (Å²) in [7, 11) is 0. The van der Waals surface area contributed by atoms with Gasteiger partial charge in [-0.1, -0.05) is 24.3 Å². The molecule has 0 spiro atoms. The zero-order valence-corrected chi connectivity index (χ0v) is 12.9. The third-order valence-corrected chi connectivity index (χ3v) is 3.78. The van der Waals surface area contributed by atoms with Gasteiger partial charge in [-0.15, -0.1) is 0 Å². The number of aryl methyl sites for hydroxylation is 2. The van der Waals surface area contributed by atoms with E-state index in [0.717, 1.165) is 17.2 Å². The van der Waals surface area contributed by atoms with Gasteiger partial charge in [-0.3, -0.25) is 0 Å². The molecule has 104 valence electrons. The molecule has 0 aliphatic heterocycles. The lowest BCUT2D eigenvalue weighted by Crippen LogP contribution is -2.08. The number of amidine groups is 1. The summed E-state index contributed by atoms with van der Waals surface area (Å²) >= 11 is 0. The van der Waals surface area contributed by atoms with Crippen molar-refractivity contribution in [2.24, 2.45) is 4.99 Å². The summed E-state index contributed by atoms with van der Waals surface area (Å²) in [6.45, 7) is 10.5. The zero-order chi connectivity index (χ0) is 14.7. The lowest BCUT2D eigenvalue weighted by molar-refractivity contribution is 1.30. The second-order valence-electron chi connectivity index (χ2n) is 5.29. The Morgan fingerprint density at radius 2 is 1.45 bits per heavy atom. The highest BCUT2D eigenvalue weighted by molar-refractivity contribution is 5.96. The second-order valence-corrected chi connectivity index (χ2v) is 5.29. The third-order valence-electron chi connectivity index (χ3n) is 3.78. The maximum atomic E-state index is 4.69. The first-order valence-electron chi connectivity index (χ1n) is 6.94. The number of hydrogen-bond acceptors (Lipinski definition) is 1. The van der Waals surface area contributed by atoms with Crippen LogP contribution < -0.4 is 5.32 Å². The van der Waals surface area contributed by atoms with E-state index in [1.807, 2.05) is 13.0 Å². The van der Waals surface area contributed by atoms with Crippen LogP contribution in [0.25, 0.3) is 0 Å². The Hall–Kier alpha value is -2.09. The third kappa shape index (κ3) is 3.08. The van der Waals surface area contributed by atoms with Gasteiger partial charge in [0.2, 0.25) is 0 Å². The molecule has 2 heteroatoms. The Morgan fingerprint density at radius 3 is 2.15 bits per heavy atom. The van der Waals surface area contributed by atoms with Gasteiger partial charge in [-0.25, -0.2) is 4.99 Å². The maximum absolute atomic E-state index is 4.69. The van der Waals surface area contributed by atoms with Gasteiger partial charge in [0.05, 0.1) is 5.69 Å². The number of anilines is 1. The molecule has 0 heterocycles. The predicted octanol–water partition coefficient (Wildman–Crippen LogP) is 5.08. The summed E-state index contributed by atoms with van der Waals surface area (Å²) < 4.78 is 0. The van der Waals surface area contributed by atoms with Crippen molar-refractivity contribution in [2.45, 2.75) is 34.6 Å². The van der Waals surface area contributed by atoms with Gasteiger partial charge in [0, 0.05) is 5.69 Å². The minimum Gasteiger partial charge on any atom is -0.344 e. The Balaban J connectivity index is 2.27. The molecule has 0 aliphatic rings. The smallest absolute Gasteiger partial charge is 0.103 e. The zero-order valence-electron chi connectivity index (χ0n) is 12.9.